The minimum Gasteiger partial charge on any atom is -0.483 e. The molecule has 0 saturated carbocycles. The molecule has 0 atom stereocenters. The van der Waals surface area contributed by atoms with Crippen molar-refractivity contribution in [3.05, 3.63) is 29.8 Å². The van der Waals surface area contributed by atoms with E-state index in [1.54, 1.807) is 6.07 Å². The van der Waals surface area contributed by atoms with Crippen molar-refractivity contribution in [1.29, 1.82) is 0 Å². The number of aryl methyl sites for hydroxylation is 1. The van der Waals surface area contributed by atoms with E-state index in [2.05, 4.69) is 35.7 Å². The van der Waals surface area contributed by atoms with E-state index < -0.39 is 0 Å². The Balaban J connectivity index is 2.37. The lowest BCUT2D eigenvalue weighted by Gasteiger charge is -2.09. The van der Waals surface area contributed by atoms with E-state index in [0.717, 1.165) is 5.56 Å². The van der Waals surface area contributed by atoms with Crippen molar-refractivity contribution < 1.29 is 9.53 Å². The Morgan fingerprint density at radius 2 is 2.12 bits per heavy atom. The number of carbonyl (C=O) groups is 1. The molecule has 0 radical (unpaired) electrons. The predicted molar refractivity (Wildman–Crippen MR) is 69.5 cm³/mol. The lowest BCUT2D eigenvalue weighted by atomic mass is 10.2. The van der Waals surface area contributed by atoms with Gasteiger partial charge in [-0.2, -0.15) is 0 Å². The van der Waals surface area contributed by atoms with Crippen molar-refractivity contribution >= 4 is 35.1 Å². The quantitative estimate of drug-likeness (QED) is 0.432. The molecule has 0 unspecified atom stereocenters. The second-order valence-corrected chi connectivity index (χ2v) is 4.19. The zero-order valence-corrected chi connectivity index (χ0v) is 10.4. The first kappa shape index (κ1) is 12.8. The average molecular weight is 256 g/mol. The number of hydrazine groups is 1. The Labute approximate surface area is 105 Å². The molecule has 1 rings (SSSR count). The van der Waals surface area contributed by atoms with Crippen LogP contribution in [0.3, 0.4) is 0 Å². The van der Waals surface area contributed by atoms with Crippen LogP contribution in [0.15, 0.2) is 24.3 Å². The fourth-order valence-corrected chi connectivity index (χ4v) is 1.13. The third-order valence-electron chi connectivity index (χ3n) is 1.76. The summed E-state index contributed by atoms with van der Waals surface area (Å²) >= 11 is 8.40. The first-order valence-electron chi connectivity index (χ1n) is 4.56. The Morgan fingerprint density at radius 1 is 1.44 bits per heavy atom. The number of hydrogen-bond acceptors (Lipinski definition) is 3. The van der Waals surface area contributed by atoms with Crippen LogP contribution in [0.1, 0.15) is 5.56 Å². The van der Waals surface area contributed by atoms with Crippen LogP contribution >= 0.6 is 24.8 Å². The Morgan fingerprint density at radius 3 is 2.75 bits per heavy atom. The van der Waals surface area contributed by atoms with Gasteiger partial charge in [-0.3, -0.25) is 15.6 Å². The summed E-state index contributed by atoms with van der Waals surface area (Å²) in [7, 11) is 0. The summed E-state index contributed by atoms with van der Waals surface area (Å²) in [6, 6.07) is 7.47. The summed E-state index contributed by atoms with van der Waals surface area (Å²) in [5.41, 5.74) is 5.73. The lowest BCUT2D eigenvalue weighted by Crippen LogP contribution is -2.41. The van der Waals surface area contributed by atoms with E-state index in [1.165, 1.54) is 0 Å². The van der Waals surface area contributed by atoms with Gasteiger partial charge in [0.1, 0.15) is 10.1 Å². The van der Waals surface area contributed by atoms with Gasteiger partial charge >= 0.3 is 0 Å². The molecule has 0 spiro atoms. The highest BCUT2D eigenvalue weighted by atomic mass is 32.1. The fourth-order valence-electron chi connectivity index (χ4n) is 1.02. The maximum absolute atomic E-state index is 11.2. The number of hydrogen-bond donors (Lipinski definition) is 3. The normalized spacial score (nSPS) is 9.38. The average Bonchev–Trinajstić information content (AvgIpc) is 2.25. The Bertz CT molecular complexity index is 396. The standard InChI is InChI=1S/C10H12N2O2S2/c1-7-4-2-3-5-8(7)14-6-9(13)11-12-10(15)16/h2-5H,6H2,1H3,(H,11,13)(H2,12,15,16). The van der Waals surface area contributed by atoms with Crippen LogP contribution in [0.4, 0.5) is 0 Å². The summed E-state index contributed by atoms with van der Waals surface area (Å²) < 4.78 is 5.51. The highest BCUT2D eigenvalue weighted by Crippen LogP contribution is 2.15. The molecular weight excluding hydrogens is 244 g/mol. The molecule has 0 bridgehead atoms. The highest BCUT2D eigenvalue weighted by Gasteiger charge is 2.03. The van der Waals surface area contributed by atoms with Gasteiger partial charge in [0.05, 0.1) is 0 Å². The van der Waals surface area contributed by atoms with Crippen LogP contribution in [0.2, 0.25) is 0 Å². The summed E-state index contributed by atoms with van der Waals surface area (Å²) in [5, 5.41) is 0. The van der Waals surface area contributed by atoms with E-state index in [9.17, 15) is 4.79 Å². The van der Waals surface area contributed by atoms with Crippen LogP contribution in [0.5, 0.6) is 5.75 Å². The zero-order chi connectivity index (χ0) is 12.0. The van der Waals surface area contributed by atoms with Crippen molar-refractivity contribution in [3.63, 3.8) is 0 Å². The summed E-state index contributed by atoms with van der Waals surface area (Å²) in [6.45, 7) is 1.84. The van der Waals surface area contributed by atoms with Crippen molar-refractivity contribution in [2.24, 2.45) is 0 Å². The third-order valence-corrected chi connectivity index (χ3v) is 1.98. The molecule has 86 valence electrons. The molecular formula is C10H12N2O2S2. The fraction of sp³-hybridized carbons (Fsp3) is 0.200. The smallest absolute Gasteiger partial charge is 0.276 e. The number of nitrogens with one attached hydrogen (secondary N) is 2. The van der Waals surface area contributed by atoms with Gasteiger partial charge in [-0.05, 0) is 18.6 Å². The Hall–Kier alpha value is -1.27. The van der Waals surface area contributed by atoms with Gasteiger partial charge < -0.3 is 4.74 Å². The van der Waals surface area contributed by atoms with E-state index >= 15 is 0 Å². The lowest BCUT2D eigenvalue weighted by molar-refractivity contribution is -0.123. The second-order valence-electron chi connectivity index (χ2n) is 3.03. The monoisotopic (exact) mass is 256 g/mol. The first-order chi connectivity index (χ1) is 7.59. The van der Waals surface area contributed by atoms with E-state index in [1.807, 2.05) is 25.1 Å². The number of carbonyl (C=O) groups excluding carboxylic acids is 1. The molecule has 1 amide bonds. The molecule has 0 aliphatic heterocycles. The minimum atomic E-state index is -0.320. The topological polar surface area (TPSA) is 50.4 Å². The maximum Gasteiger partial charge on any atom is 0.276 e. The largest absolute Gasteiger partial charge is 0.483 e. The predicted octanol–water partition coefficient (Wildman–Crippen LogP) is 1.21. The Kier molecular flexibility index (Phi) is 5.07. The van der Waals surface area contributed by atoms with Crippen molar-refractivity contribution in [3.8, 4) is 5.75 Å². The first-order valence-corrected chi connectivity index (χ1v) is 5.41. The van der Waals surface area contributed by atoms with Crippen molar-refractivity contribution in [2.45, 2.75) is 6.92 Å². The molecule has 0 heterocycles. The van der Waals surface area contributed by atoms with Gasteiger partial charge in [-0.15, -0.1) is 12.6 Å². The van der Waals surface area contributed by atoms with Gasteiger partial charge in [-0.1, -0.05) is 30.4 Å². The van der Waals surface area contributed by atoms with E-state index in [-0.39, 0.29) is 16.8 Å². The van der Waals surface area contributed by atoms with E-state index in [0.29, 0.717) is 5.75 Å². The number of thiocarbonyl (C=S) groups is 1. The number of para-hydroxylation sites is 1. The number of amides is 1. The highest BCUT2D eigenvalue weighted by molar-refractivity contribution is 8.11. The molecule has 0 aliphatic rings. The van der Waals surface area contributed by atoms with Gasteiger partial charge in [0.25, 0.3) is 5.91 Å². The van der Waals surface area contributed by atoms with Gasteiger partial charge in [-0.25, -0.2) is 0 Å². The number of rotatable bonds is 3. The van der Waals surface area contributed by atoms with E-state index in [4.69, 9.17) is 4.74 Å². The minimum absolute atomic E-state index is 0.0752. The van der Waals surface area contributed by atoms with Crippen molar-refractivity contribution in [1.82, 2.24) is 10.9 Å². The molecule has 4 nitrogen and oxygen atoms in total. The van der Waals surface area contributed by atoms with Crippen LogP contribution in [0.25, 0.3) is 0 Å². The van der Waals surface area contributed by atoms with Gasteiger partial charge in [0, 0.05) is 0 Å². The number of thiol groups is 1. The molecule has 6 heteroatoms. The summed E-state index contributed by atoms with van der Waals surface area (Å²) in [5.74, 6) is 0.366. The molecule has 0 aromatic heterocycles. The number of ether oxygens (including phenoxy) is 1. The van der Waals surface area contributed by atoms with Gasteiger partial charge in [0.15, 0.2) is 6.61 Å². The molecule has 0 saturated heterocycles. The van der Waals surface area contributed by atoms with Crippen LogP contribution in [-0.2, 0) is 4.79 Å². The molecule has 16 heavy (non-hydrogen) atoms. The summed E-state index contributed by atoms with van der Waals surface area (Å²) in [4.78, 5) is 11.2. The van der Waals surface area contributed by atoms with Gasteiger partial charge in [0.2, 0.25) is 0 Å². The zero-order valence-electron chi connectivity index (χ0n) is 8.69. The molecule has 1 aromatic carbocycles. The third kappa shape index (κ3) is 4.50. The maximum atomic E-state index is 11.2. The van der Waals surface area contributed by atoms with Crippen molar-refractivity contribution in [2.75, 3.05) is 6.61 Å². The molecule has 0 aliphatic carbocycles. The second kappa shape index (κ2) is 6.34. The molecule has 0 fully saturated rings. The van der Waals surface area contributed by atoms with Crippen LogP contribution < -0.4 is 15.6 Å². The molecule has 1 aromatic rings. The molecule has 2 N–H and O–H groups in total. The number of benzene rings is 1. The van der Waals surface area contributed by atoms with Crippen LogP contribution in [-0.4, -0.2) is 16.8 Å². The summed E-state index contributed by atoms with van der Waals surface area (Å²) in [6.07, 6.45) is 0. The SMILES string of the molecule is Cc1ccccc1OCC(=O)NNC(=S)S. The van der Waals surface area contributed by atoms with Crippen LogP contribution in [0, 0.1) is 6.92 Å².